The number of imidazole rings is 2. The maximum Gasteiger partial charge on any atom is 0.408 e. The number of likely N-dealkylation sites (tertiary alicyclic amines) is 2. The minimum Gasteiger partial charge on any atom is -0.456 e. The number of hydrogen-bond acceptors (Lipinski definition) is 12. The van der Waals surface area contributed by atoms with Crippen molar-refractivity contribution in [2.45, 2.75) is 87.7 Å². The van der Waals surface area contributed by atoms with Crippen molar-refractivity contribution in [1.29, 1.82) is 0 Å². The Morgan fingerprint density at radius 1 is 0.622 bits per heavy atom. The third-order valence-corrected chi connectivity index (χ3v) is 14.4. The summed E-state index contributed by atoms with van der Waals surface area (Å²) in [6, 6.07) is 22.9. The number of carbonyl (C=O) groups is 4. The molecule has 0 unspecified atom stereocenters. The number of H-pyrrole nitrogens is 2. The van der Waals surface area contributed by atoms with Gasteiger partial charge in [-0.3, -0.25) is 14.4 Å². The molecule has 7 aromatic rings. The van der Waals surface area contributed by atoms with Gasteiger partial charge in [0.1, 0.15) is 52.9 Å². The minimum atomic E-state index is -1.02. The fourth-order valence-electron chi connectivity index (χ4n) is 10.6. The van der Waals surface area contributed by atoms with Crippen LogP contribution in [-0.4, -0.2) is 105 Å². The summed E-state index contributed by atoms with van der Waals surface area (Å²) in [5, 5.41) is 5.91. The number of aromatic nitrogens is 4. The number of rotatable bonds is 12. The van der Waals surface area contributed by atoms with Gasteiger partial charge in [-0.2, -0.15) is 0 Å². The van der Waals surface area contributed by atoms with Crippen molar-refractivity contribution in [3.05, 3.63) is 142 Å². The first-order chi connectivity index (χ1) is 36.1. The molecule has 3 aromatic heterocycles. The zero-order valence-electron chi connectivity index (χ0n) is 40.4. The number of benzene rings is 4. The quantitative estimate of drug-likeness (QED) is 0.0846. The lowest BCUT2D eigenvalue weighted by molar-refractivity contribution is -0.135. The van der Waals surface area contributed by atoms with Crippen molar-refractivity contribution in [2.24, 2.45) is 0 Å². The van der Waals surface area contributed by atoms with E-state index in [1.54, 1.807) is 70.6 Å². The molecule has 4 saturated heterocycles. The molecule has 7 heterocycles. The van der Waals surface area contributed by atoms with Crippen molar-refractivity contribution in [3.8, 4) is 22.5 Å². The molecular formula is C55H55FN8O10. The first-order valence-corrected chi connectivity index (χ1v) is 25.3. The Labute approximate surface area is 423 Å². The summed E-state index contributed by atoms with van der Waals surface area (Å²) in [7, 11) is 0. The Kier molecular flexibility index (Phi) is 13.9. The SMILES string of the molecule is O=C(N[C@@H](C(=O)N1CCC[C@H]1c1ncc(-c2ccc3oc4cc(-c5cnc([C@@H]6CCCN6C(=O)[C@H](NC(=O)OC6CCOCC6)c6ccccc6)[nH]5)c(F)cc4c(=O)c3c2)[nH]1)c1ccccc1)OC1CCOCC1. The van der Waals surface area contributed by atoms with E-state index in [-0.39, 0.29) is 51.5 Å². The number of halogens is 1. The van der Waals surface area contributed by atoms with Crippen molar-refractivity contribution < 1.29 is 46.9 Å². The number of carbonyl (C=O) groups excluding carboxylic acids is 4. The normalized spacial score (nSPS) is 19.4. The number of hydrogen-bond donors (Lipinski definition) is 4. The van der Waals surface area contributed by atoms with Gasteiger partial charge in [0.2, 0.25) is 5.43 Å². The van der Waals surface area contributed by atoms with Crippen LogP contribution in [0.25, 0.3) is 44.5 Å². The molecule has 11 rings (SSSR count). The summed E-state index contributed by atoms with van der Waals surface area (Å²) >= 11 is 0. The van der Waals surface area contributed by atoms with Crippen LogP contribution in [0.15, 0.2) is 113 Å². The number of nitrogens with one attached hydrogen (secondary N) is 4. The molecule has 382 valence electrons. The Balaban J connectivity index is 0.802. The lowest BCUT2D eigenvalue weighted by atomic mass is 10.0. The summed E-state index contributed by atoms with van der Waals surface area (Å²) in [6.07, 6.45) is 6.12. The second kappa shape index (κ2) is 21.3. The van der Waals surface area contributed by atoms with Gasteiger partial charge in [-0.25, -0.2) is 23.9 Å². The summed E-state index contributed by atoms with van der Waals surface area (Å²) in [6.45, 7) is 2.87. The zero-order valence-corrected chi connectivity index (χ0v) is 40.4. The number of aromatic amines is 2. The maximum atomic E-state index is 16.2. The van der Waals surface area contributed by atoms with E-state index in [0.717, 1.165) is 12.5 Å². The van der Waals surface area contributed by atoms with E-state index in [2.05, 4.69) is 25.6 Å². The molecule has 0 aliphatic carbocycles. The van der Waals surface area contributed by atoms with Gasteiger partial charge in [0, 0.05) is 49.9 Å². The van der Waals surface area contributed by atoms with E-state index in [9.17, 15) is 24.0 Å². The fourth-order valence-corrected chi connectivity index (χ4v) is 10.6. The average molecular weight is 1010 g/mol. The number of nitrogens with zero attached hydrogens (tertiary/aromatic N) is 4. The zero-order chi connectivity index (χ0) is 50.7. The first-order valence-electron chi connectivity index (χ1n) is 25.3. The molecule has 0 bridgehead atoms. The highest BCUT2D eigenvalue weighted by molar-refractivity contribution is 5.94. The number of amides is 4. The third kappa shape index (κ3) is 10.1. The monoisotopic (exact) mass is 1010 g/mol. The minimum absolute atomic E-state index is 0.0432. The van der Waals surface area contributed by atoms with Crippen LogP contribution in [0.2, 0.25) is 0 Å². The van der Waals surface area contributed by atoms with Crippen molar-refractivity contribution in [2.75, 3.05) is 39.5 Å². The standard InChI is InChI=1S/C55H55FN8O10/c56-40-28-39-46(29-37(40)42-31-58-51(60-42)44-14-8-22-64(44)53(67)48(33-11-5-2-6-12-33)62-55(69)73-36-19-25-71-26-20-36)74-45-16-15-34(27-38(45)49(39)65)41-30-57-50(59-41)43-13-7-21-63(43)52(66)47(32-9-3-1-4-10-32)61-54(68)72-35-17-23-70-24-18-35/h1-6,9-12,15-16,27-31,35-36,43-44,47-48H,7-8,13-14,17-26H2,(H,57,59)(H,58,60)(H,61,68)(H,62,69)/t43-,44-,47+,48+/m0/s1. The molecule has 19 heteroatoms. The highest BCUT2D eigenvalue weighted by Gasteiger charge is 2.39. The molecule has 0 saturated carbocycles. The molecule has 4 N–H and O–H groups in total. The Morgan fingerprint density at radius 2 is 1.12 bits per heavy atom. The fraction of sp³-hybridized carbons (Fsp3) is 0.364. The van der Waals surface area contributed by atoms with Crippen molar-refractivity contribution >= 4 is 45.9 Å². The summed E-state index contributed by atoms with van der Waals surface area (Å²) in [5.41, 5.74) is 2.91. The van der Waals surface area contributed by atoms with E-state index in [1.165, 1.54) is 12.3 Å². The summed E-state index contributed by atoms with van der Waals surface area (Å²) < 4.78 is 44.6. The Morgan fingerprint density at radius 3 is 1.66 bits per heavy atom. The number of fused-ring (bicyclic) bond motifs is 2. The molecular weight excluding hydrogens is 952 g/mol. The highest BCUT2D eigenvalue weighted by atomic mass is 19.1. The maximum absolute atomic E-state index is 16.2. The van der Waals surface area contributed by atoms with Crippen LogP contribution in [0.3, 0.4) is 0 Å². The molecule has 74 heavy (non-hydrogen) atoms. The van der Waals surface area contributed by atoms with Gasteiger partial charge in [-0.05, 0) is 67.1 Å². The van der Waals surface area contributed by atoms with Crippen LogP contribution in [-0.2, 0) is 28.5 Å². The molecule has 4 aliphatic rings. The van der Waals surface area contributed by atoms with E-state index in [0.29, 0.717) is 124 Å². The average Bonchev–Trinajstić information content (AvgIpc) is 4.29. The van der Waals surface area contributed by atoms with Gasteiger partial charge in [0.05, 0.1) is 73.1 Å². The van der Waals surface area contributed by atoms with Gasteiger partial charge >= 0.3 is 12.2 Å². The van der Waals surface area contributed by atoms with Crippen LogP contribution in [0.4, 0.5) is 14.0 Å². The van der Waals surface area contributed by atoms with Gasteiger partial charge in [0.25, 0.3) is 11.8 Å². The molecule has 4 atom stereocenters. The van der Waals surface area contributed by atoms with Gasteiger partial charge in [0.15, 0.2) is 0 Å². The highest BCUT2D eigenvalue weighted by Crippen LogP contribution is 2.37. The lowest BCUT2D eigenvalue weighted by Crippen LogP contribution is -2.44. The first kappa shape index (κ1) is 48.4. The molecule has 4 amide bonds. The molecule has 4 aliphatic heterocycles. The van der Waals surface area contributed by atoms with Gasteiger partial charge in [-0.15, -0.1) is 0 Å². The summed E-state index contributed by atoms with van der Waals surface area (Å²) in [4.78, 5) is 88.5. The topological polar surface area (TPSA) is 223 Å². The lowest BCUT2D eigenvalue weighted by Gasteiger charge is -2.29. The Hall–Kier alpha value is -7.90. The van der Waals surface area contributed by atoms with E-state index in [1.807, 2.05) is 24.3 Å². The van der Waals surface area contributed by atoms with Crippen molar-refractivity contribution in [1.82, 2.24) is 40.4 Å². The third-order valence-electron chi connectivity index (χ3n) is 14.4. The molecule has 4 aromatic carbocycles. The second-order valence-electron chi connectivity index (χ2n) is 19.1. The van der Waals surface area contributed by atoms with Crippen LogP contribution in [0.1, 0.15) is 98.3 Å². The summed E-state index contributed by atoms with van der Waals surface area (Å²) in [5.74, 6) is -0.308. The van der Waals surface area contributed by atoms with Crippen molar-refractivity contribution in [3.63, 3.8) is 0 Å². The van der Waals surface area contributed by atoms with Crippen LogP contribution in [0, 0.1) is 5.82 Å². The van der Waals surface area contributed by atoms with Crippen LogP contribution < -0.4 is 16.1 Å². The van der Waals surface area contributed by atoms with E-state index in [4.69, 9.17) is 28.3 Å². The molecule has 4 fully saturated rings. The predicted molar refractivity (Wildman–Crippen MR) is 268 cm³/mol. The molecule has 0 radical (unpaired) electrons. The molecule has 0 spiro atoms. The van der Waals surface area contributed by atoms with E-state index < -0.39 is 47.6 Å². The van der Waals surface area contributed by atoms with Crippen LogP contribution in [0.5, 0.6) is 0 Å². The smallest absolute Gasteiger partial charge is 0.408 e. The van der Waals surface area contributed by atoms with Gasteiger partial charge < -0.3 is 53.8 Å². The second-order valence-corrected chi connectivity index (χ2v) is 19.1. The Bertz CT molecular complexity index is 3240. The van der Waals surface area contributed by atoms with Gasteiger partial charge in [-0.1, -0.05) is 60.7 Å². The number of ether oxygens (including phenoxy) is 4. The molecule has 18 nitrogen and oxygen atoms in total. The van der Waals surface area contributed by atoms with Crippen LogP contribution >= 0.6 is 0 Å². The predicted octanol–water partition coefficient (Wildman–Crippen LogP) is 8.49. The van der Waals surface area contributed by atoms with E-state index >= 15 is 4.39 Å². The number of alkyl carbamates (subject to hydrolysis) is 2. The largest absolute Gasteiger partial charge is 0.456 e.